The van der Waals surface area contributed by atoms with Crippen LogP contribution in [-0.2, 0) is 20.9 Å². The number of ether oxygens (including phenoxy) is 1. The van der Waals surface area contributed by atoms with Gasteiger partial charge in [-0.05, 0) is 56.0 Å². The van der Waals surface area contributed by atoms with E-state index in [0.717, 1.165) is 39.7 Å². The average molecular weight is 512 g/mol. The van der Waals surface area contributed by atoms with Crippen molar-refractivity contribution in [2.75, 3.05) is 18.5 Å². The molecule has 1 N–H and O–H groups in total. The Balaban J connectivity index is 1.49. The second-order valence-electron chi connectivity index (χ2n) is 7.62. The Morgan fingerprint density at radius 3 is 2.66 bits per heavy atom. The fourth-order valence-corrected chi connectivity index (χ4v) is 4.77. The Morgan fingerprint density at radius 2 is 1.91 bits per heavy atom. The highest BCUT2D eigenvalue weighted by Crippen LogP contribution is 2.34. The van der Waals surface area contributed by atoms with Gasteiger partial charge >= 0.3 is 5.97 Å². The van der Waals surface area contributed by atoms with Crippen molar-refractivity contribution in [1.82, 2.24) is 9.47 Å². The van der Waals surface area contributed by atoms with E-state index in [1.807, 2.05) is 37.4 Å². The van der Waals surface area contributed by atoms with E-state index in [2.05, 4.69) is 9.88 Å². The summed E-state index contributed by atoms with van der Waals surface area (Å²) < 4.78 is 7.02. The lowest BCUT2D eigenvalue weighted by molar-refractivity contribution is -0.127. The van der Waals surface area contributed by atoms with Crippen molar-refractivity contribution < 1.29 is 23.9 Å². The Labute approximate surface area is 210 Å². The average Bonchev–Trinajstić information content (AvgIpc) is 3.32. The van der Waals surface area contributed by atoms with Crippen molar-refractivity contribution in [2.24, 2.45) is 0 Å². The first-order valence-electron chi connectivity index (χ1n) is 10.9. The second kappa shape index (κ2) is 10.4. The first kappa shape index (κ1) is 24.6. The third-order valence-electron chi connectivity index (χ3n) is 5.37. The van der Waals surface area contributed by atoms with Crippen LogP contribution in [0.5, 0.6) is 0 Å². The maximum atomic E-state index is 12.9. The van der Waals surface area contributed by atoms with E-state index in [1.165, 1.54) is 18.2 Å². The normalized spacial score (nSPS) is 14.7. The van der Waals surface area contributed by atoms with Crippen LogP contribution in [0.25, 0.3) is 17.0 Å². The van der Waals surface area contributed by atoms with Gasteiger partial charge in [0.05, 0.1) is 22.1 Å². The lowest BCUT2D eigenvalue weighted by Crippen LogP contribution is -2.36. The number of hydrogen-bond donors (Lipinski definition) is 1. The van der Waals surface area contributed by atoms with Crippen LogP contribution in [0.2, 0.25) is 5.02 Å². The minimum absolute atomic E-state index is 0.103. The Bertz CT molecular complexity index is 1380. The number of carbonyl (C=O) groups excluding carboxylic acids is 4. The van der Waals surface area contributed by atoms with Gasteiger partial charge in [-0.15, -0.1) is 0 Å². The van der Waals surface area contributed by atoms with E-state index in [0.29, 0.717) is 0 Å². The van der Waals surface area contributed by atoms with Crippen LogP contribution in [0, 0.1) is 0 Å². The number of aromatic nitrogens is 1. The number of thioether (sulfide) groups is 1. The van der Waals surface area contributed by atoms with Gasteiger partial charge in [0.1, 0.15) is 6.54 Å². The SMILES string of the molecule is CCOC(=O)c1cc(NC(=O)CN2C(=O)S/C(=C\c3cn(CC)c4ccccc34)C2=O)ccc1Cl. The van der Waals surface area contributed by atoms with Gasteiger partial charge in [0.25, 0.3) is 11.1 Å². The molecule has 8 nitrogen and oxygen atoms in total. The van der Waals surface area contributed by atoms with E-state index in [1.54, 1.807) is 13.0 Å². The van der Waals surface area contributed by atoms with Crippen molar-refractivity contribution >= 4 is 69.1 Å². The molecule has 3 amide bonds. The van der Waals surface area contributed by atoms with Crippen molar-refractivity contribution in [3.63, 3.8) is 0 Å². The lowest BCUT2D eigenvalue weighted by Gasteiger charge is -2.13. The highest BCUT2D eigenvalue weighted by atomic mass is 35.5. The lowest BCUT2D eigenvalue weighted by atomic mass is 10.1. The summed E-state index contributed by atoms with van der Waals surface area (Å²) in [6.07, 6.45) is 3.62. The summed E-state index contributed by atoms with van der Waals surface area (Å²) in [5, 5.41) is 3.22. The molecule has 35 heavy (non-hydrogen) atoms. The Hall–Kier alpha value is -3.56. The van der Waals surface area contributed by atoms with Crippen LogP contribution < -0.4 is 5.32 Å². The number of para-hydroxylation sites is 1. The molecule has 2 heterocycles. The van der Waals surface area contributed by atoms with E-state index in [-0.39, 0.29) is 27.8 Å². The van der Waals surface area contributed by atoms with Gasteiger partial charge in [-0.1, -0.05) is 29.8 Å². The van der Waals surface area contributed by atoms with Crippen molar-refractivity contribution in [1.29, 1.82) is 0 Å². The molecule has 0 radical (unpaired) electrons. The number of rotatable bonds is 7. The molecule has 0 atom stereocenters. The number of fused-ring (bicyclic) bond motifs is 1. The summed E-state index contributed by atoms with van der Waals surface area (Å²) >= 11 is 6.84. The minimum Gasteiger partial charge on any atom is -0.462 e. The number of benzene rings is 2. The summed E-state index contributed by atoms with van der Waals surface area (Å²) in [4.78, 5) is 51.2. The third-order valence-corrected chi connectivity index (χ3v) is 6.60. The zero-order chi connectivity index (χ0) is 25.1. The van der Waals surface area contributed by atoms with Gasteiger partial charge in [0.15, 0.2) is 0 Å². The van der Waals surface area contributed by atoms with E-state index >= 15 is 0 Å². The number of nitrogens with zero attached hydrogens (tertiary/aromatic N) is 2. The standard InChI is InChI=1S/C25H22ClN3O5S/c1-3-28-13-15(17-7-5-6-8-20(17)28)11-21-23(31)29(25(33)35-21)14-22(30)27-16-9-10-19(26)18(12-16)24(32)34-4-2/h5-13H,3-4,14H2,1-2H3,(H,27,30)/b21-11-. The number of anilines is 1. The summed E-state index contributed by atoms with van der Waals surface area (Å²) in [5.41, 5.74) is 2.25. The van der Waals surface area contributed by atoms with E-state index in [4.69, 9.17) is 16.3 Å². The highest BCUT2D eigenvalue weighted by molar-refractivity contribution is 8.18. The maximum Gasteiger partial charge on any atom is 0.339 e. The van der Waals surface area contributed by atoms with Crippen molar-refractivity contribution in [3.05, 3.63) is 69.7 Å². The molecule has 1 saturated heterocycles. The molecular weight excluding hydrogens is 490 g/mol. The van der Waals surface area contributed by atoms with Gasteiger partial charge in [-0.3, -0.25) is 19.3 Å². The third kappa shape index (κ3) is 5.11. The Morgan fingerprint density at radius 1 is 1.14 bits per heavy atom. The molecule has 10 heteroatoms. The number of carbonyl (C=O) groups is 4. The molecule has 1 fully saturated rings. The van der Waals surface area contributed by atoms with Crippen molar-refractivity contribution in [3.8, 4) is 0 Å². The van der Waals surface area contributed by atoms with Crippen LogP contribution in [0.15, 0.2) is 53.6 Å². The van der Waals surface area contributed by atoms with Crippen LogP contribution in [-0.4, -0.2) is 45.6 Å². The van der Waals surface area contributed by atoms with Crippen LogP contribution in [0.4, 0.5) is 10.5 Å². The number of aryl methyl sites for hydroxylation is 1. The molecule has 1 aliphatic rings. The van der Waals surface area contributed by atoms with Gasteiger partial charge in [0, 0.05) is 34.9 Å². The van der Waals surface area contributed by atoms with Crippen LogP contribution >= 0.6 is 23.4 Å². The molecule has 0 aliphatic carbocycles. The predicted octanol–water partition coefficient (Wildman–Crippen LogP) is 5.17. The van der Waals surface area contributed by atoms with E-state index in [9.17, 15) is 19.2 Å². The molecule has 4 rings (SSSR count). The molecule has 0 saturated carbocycles. The Kier molecular flexibility index (Phi) is 7.28. The zero-order valence-electron chi connectivity index (χ0n) is 19.0. The van der Waals surface area contributed by atoms with Crippen LogP contribution in [0.3, 0.4) is 0 Å². The zero-order valence-corrected chi connectivity index (χ0v) is 20.6. The molecule has 180 valence electrons. The van der Waals surface area contributed by atoms with Gasteiger partial charge in [0.2, 0.25) is 5.91 Å². The number of esters is 1. The fraction of sp³-hybridized carbons (Fsp3) is 0.200. The first-order valence-corrected chi connectivity index (χ1v) is 12.1. The number of nitrogens with one attached hydrogen (secondary N) is 1. The fourth-order valence-electron chi connectivity index (χ4n) is 3.74. The number of hydrogen-bond acceptors (Lipinski definition) is 6. The summed E-state index contributed by atoms with van der Waals surface area (Å²) in [5.74, 6) is -1.74. The van der Waals surface area contributed by atoms with Gasteiger partial charge < -0.3 is 14.6 Å². The molecule has 1 aliphatic heterocycles. The smallest absolute Gasteiger partial charge is 0.339 e. The van der Waals surface area contributed by atoms with E-state index < -0.39 is 29.6 Å². The van der Waals surface area contributed by atoms with Crippen LogP contribution in [0.1, 0.15) is 29.8 Å². The predicted molar refractivity (Wildman–Crippen MR) is 136 cm³/mol. The highest BCUT2D eigenvalue weighted by Gasteiger charge is 2.36. The van der Waals surface area contributed by atoms with Gasteiger partial charge in [-0.25, -0.2) is 4.79 Å². The molecule has 0 unspecified atom stereocenters. The number of amides is 3. The molecular formula is C25H22ClN3O5S. The summed E-state index contributed by atoms with van der Waals surface area (Å²) in [7, 11) is 0. The summed E-state index contributed by atoms with van der Waals surface area (Å²) in [6, 6.07) is 12.2. The monoisotopic (exact) mass is 511 g/mol. The number of imide groups is 1. The topological polar surface area (TPSA) is 97.7 Å². The molecule has 3 aromatic rings. The molecule has 0 spiro atoms. The first-order chi connectivity index (χ1) is 16.8. The van der Waals surface area contributed by atoms with Gasteiger partial charge in [-0.2, -0.15) is 0 Å². The number of halogens is 1. The molecule has 0 bridgehead atoms. The molecule has 2 aromatic carbocycles. The summed E-state index contributed by atoms with van der Waals surface area (Å²) in [6.45, 7) is 4.18. The molecule has 1 aromatic heterocycles. The second-order valence-corrected chi connectivity index (χ2v) is 9.02. The largest absolute Gasteiger partial charge is 0.462 e. The maximum absolute atomic E-state index is 12.9. The quantitative estimate of drug-likeness (QED) is 0.347. The van der Waals surface area contributed by atoms with Crippen molar-refractivity contribution in [2.45, 2.75) is 20.4 Å². The minimum atomic E-state index is -0.617.